The third-order valence-electron chi connectivity index (χ3n) is 1.31. The highest BCUT2D eigenvalue weighted by Gasteiger charge is 2.50. The summed E-state index contributed by atoms with van der Waals surface area (Å²) in [5.41, 5.74) is 0. The molecule has 20 heavy (non-hydrogen) atoms. The Bertz CT molecular complexity index is 373. The van der Waals surface area contributed by atoms with E-state index in [9.17, 15) is 0 Å². The van der Waals surface area contributed by atoms with Crippen molar-refractivity contribution >= 4 is 150 Å². The van der Waals surface area contributed by atoms with Crippen molar-refractivity contribution in [2.45, 2.75) is 16.5 Å². The summed E-state index contributed by atoms with van der Waals surface area (Å²) in [7, 11) is 0. The molecule has 2 nitrogen and oxygen atoms in total. The summed E-state index contributed by atoms with van der Waals surface area (Å²) in [4.78, 5) is 6.89. The summed E-state index contributed by atoms with van der Waals surface area (Å²) in [6, 6.07) is 0. The van der Waals surface area contributed by atoms with Crippen LogP contribution in [0.2, 0.25) is 0 Å². The van der Waals surface area contributed by atoms with Crippen molar-refractivity contribution in [3.8, 4) is 0 Å². The van der Waals surface area contributed by atoms with Crippen LogP contribution in [-0.4, -0.2) is 26.8 Å². The fraction of sp³-hybridized carbons (Fsp3) is 0.667. The van der Waals surface area contributed by atoms with Crippen LogP contribution in [0.25, 0.3) is 0 Å². The zero-order chi connectivity index (χ0) is 16.6. The lowest BCUT2D eigenvalue weighted by Gasteiger charge is -2.27. The molecule has 0 rings (SSSR count). The minimum absolute atomic E-state index is 0.626. The van der Waals surface area contributed by atoms with Crippen molar-refractivity contribution < 1.29 is 0 Å². The normalized spacial score (nSPS) is 16.6. The van der Waals surface area contributed by atoms with Gasteiger partial charge in [-0.15, -0.1) is 0 Å². The third-order valence-corrected chi connectivity index (χ3v) is 5.52. The van der Waals surface area contributed by atoms with Crippen LogP contribution in [0.4, 0.5) is 0 Å². The van der Waals surface area contributed by atoms with Gasteiger partial charge in [0, 0.05) is 0 Å². The molecule has 0 atom stereocenters. The number of halogens is 12. The number of nitrogens with zero attached hydrogens (tertiary/aromatic N) is 2. The SMILES string of the molecule is ClC(=NC(Cl)(Cl)C(Cl)(Cl)N=C(Cl)C(Cl)(Cl)Cl)C(Cl)(Cl)Cl. The average molecular weight is 526 g/mol. The van der Waals surface area contributed by atoms with E-state index in [1.165, 1.54) is 0 Å². The summed E-state index contributed by atoms with van der Waals surface area (Å²) < 4.78 is -9.01. The first kappa shape index (κ1) is 22.8. The molecule has 0 heterocycles. The monoisotopic (exact) mass is 520 g/mol. The second kappa shape index (κ2) is 7.80. The summed E-state index contributed by atoms with van der Waals surface area (Å²) in [6.07, 6.45) is 0. The van der Waals surface area contributed by atoms with Crippen molar-refractivity contribution in [1.82, 2.24) is 0 Å². The second-order valence-electron chi connectivity index (χ2n) is 2.88. The van der Waals surface area contributed by atoms with Gasteiger partial charge in [0.2, 0.25) is 7.59 Å². The topological polar surface area (TPSA) is 24.7 Å². The molecule has 0 N–H and O–H groups in total. The molecule has 0 aliphatic carbocycles. The quantitative estimate of drug-likeness (QED) is 0.211. The Morgan fingerprint density at radius 2 is 0.700 bits per heavy atom. The number of hydrogen-bond donors (Lipinski definition) is 0. The minimum atomic E-state index is -2.40. The van der Waals surface area contributed by atoms with Crippen LogP contribution in [0, 0.1) is 0 Å². The fourth-order valence-electron chi connectivity index (χ4n) is 0.508. The Hall–Kier alpha value is 2.82. The second-order valence-corrected chi connectivity index (χ2v) is 10.7. The van der Waals surface area contributed by atoms with E-state index < -0.39 is 26.8 Å². The zero-order valence-corrected chi connectivity index (χ0v) is 17.5. The van der Waals surface area contributed by atoms with Crippen LogP contribution in [0.1, 0.15) is 0 Å². The van der Waals surface area contributed by atoms with Gasteiger partial charge in [-0.2, -0.15) is 0 Å². The average Bonchev–Trinajstić information content (AvgIpc) is 2.12. The van der Waals surface area contributed by atoms with Gasteiger partial charge in [0.1, 0.15) is 0 Å². The Morgan fingerprint density at radius 3 is 0.850 bits per heavy atom. The van der Waals surface area contributed by atoms with E-state index in [0.717, 1.165) is 0 Å². The Kier molecular flexibility index (Phi) is 8.90. The highest BCUT2D eigenvalue weighted by Crippen LogP contribution is 2.48. The van der Waals surface area contributed by atoms with E-state index >= 15 is 0 Å². The molecule has 0 saturated carbocycles. The maximum absolute atomic E-state index is 5.78. The number of hydrogen-bond acceptors (Lipinski definition) is 2. The van der Waals surface area contributed by atoms with Gasteiger partial charge in [-0.3, -0.25) is 0 Å². The van der Waals surface area contributed by atoms with Gasteiger partial charge >= 0.3 is 0 Å². The van der Waals surface area contributed by atoms with Gasteiger partial charge in [0.05, 0.1) is 0 Å². The van der Waals surface area contributed by atoms with Crippen molar-refractivity contribution in [2.75, 3.05) is 0 Å². The summed E-state index contributed by atoms with van der Waals surface area (Å²) in [6.45, 7) is 0. The first-order valence-electron chi connectivity index (χ1n) is 3.91. The van der Waals surface area contributed by atoms with Crippen LogP contribution in [0.3, 0.4) is 0 Å². The maximum atomic E-state index is 5.78. The molecule has 0 fully saturated rings. The summed E-state index contributed by atoms with van der Waals surface area (Å²) in [5.74, 6) is 0. The Balaban J connectivity index is 5.61. The van der Waals surface area contributed by atoms with Crippen molar-refractivity contribution in [1.29, 1.82) is 0 Å². The highest BCUT2D eigenvalue weighted by molar-refractivity contribution is 6.90. The number of aliphatic imine (C=N–C) groups is 2. The molecule has 0 saturated heterocycles. The summed E-state index contributed by atoms with van der Waals surface area (Å²) >= 11 is 67.0. The molecule has 0 aliphatic heterocycles. The summed E-state index contributed by atoms with van der Waals surface area (Å²) in [5, 5.41) is -1.25. The van der Waals surface area contributed by atoms with E-state index in [2.05, 4.69) is 9.98 Å². The third kappa shape index (κ3) is 7.15. The molecule has 0 amide bonds. The van der Waals surface area contributed by atoms with Crippen LogP contribution >= 0.6 is 139 Å². The van der Waals surface area contributed by atoms with E-state index in [4.69, 9.17) is 139 Å². The number of alkyl halides is 10. The van der Waals surface area contributed by atoms with Gasteiger partial charge in [0.25, 0.3) is 8.91 Å². The van der Waals surface area contributed by atoms with E-state index in [1.54, 1.807) is 0 Å². The lowest BCUT2D eigenvalue weighted by molar-refractivity contribution is 0.708. The van der Waals surface area contributed by atoms with Crippen LogP contribution in [0.15, 0.2) is 9.98 Å². The van der Waals surface area contributed by atoms with Gasteiger partial charge in [-0.25, -0.2) is 9.98 Å². The molecule has 0 aliphatic rings. The molecule has 0 radical (unpaired) electrons. The van der Waals surface area contributed by atoms with E-state index in [-0.39, 0.29) is 0 Å². The maximum Gasteiger partial charge on any atom is 0.262 e. The molecular weight excluding hydrogens is 526 g/mol. The molecule has 0 unspecified atom stereocenters. The van der Waals surface area contributed by atoms with Crippen molar-refractivity contribution in [3.63, 3.8) is 0 Å². The van der Waals surface area contributed by atoms with Crippen molar-refractivity contribution in [2.24, 2.45) is 9.98 Å². The van der Waals surface area contributed by atoms with Gasteiger partial charge in [-0.1, -0.05) is 139 Å². The van der Waals surface area contributed by atoms with Crippen molar-refractivity contribution in [3.05, 3.63) is 0 Å². The molecule has 14 heteroatoms. The zero-order valence-electron chi connectivity index (χ0n) is 8.43. The molecular formula is C6Cl12N2. The molecule has 118 valence electrons. The van der Waals surface area contributed by atoms with Gasteiger partial charge in [-0.05, 0) is 0 Å². The minimum Gasteiger partial charge on any atom is -0.230 e. The van der Waals surface area contributed by atoms with E-state index in [0.29, 0.717) is 0 Å². The van der Waals surface area contributed by atoms with Gasteiger partial charge < -0.3 is 0 Å². The Morgan fingerprint density at radius 1 is 0.500 bits per heavy atom. The fourth-order valence-corrected chi connectivity index (χ4v) is 1.70. The largest absolute Gasteiger partial charge is 0.262 e. The molecule has 0 spiro atoms. The Labute approximate surface area is 174 Å². The first-order chi connectivity index (χ1) is 8.51. The number of rotatable bonds is 3. The highest BCUT2D eigenvalue weighted by atomic mass is 35.6. The van der Waals surface area contributed by atoms with Crippen LogP contribution < -0.4 is 0 Å². The molecule has 0 aromatic rings. The first-order valence-corrected chi connectivity index (χ1v) is 8.45. The lowest BCUT2D eigenvalue weighted by Crippen LogP contribution is -2.36. The smallest absolute Gasteiger partial charge is 0.230 e. The van der Waals surface area contributed by atoms with Gasteiger partial charge in [0.15, 0.2) is 10.3 Å². The van der Waals surface area contributed by atoms with E-state index in [1.807, 2.05) is 0 Å². The molecule has 0 bridgehead atoms. The predicted octanol–water partition coefficient (Wildman–Crippen LogP) is 7.26. The van der Waals surface area contributed by atoms with Crippen LogP contribution in [0.5, 0.6) is 0 Å². The predicted molar refractivity (Wildman–Crippen MR) is 96.0 cm³/mol. The molecule has 0 aromatic carbocycles. The standard InChI is InChI=1S/C6Cl12N2/c7-1(3(9,10)11)19-5(15,16)6(17,18)20-2(8)4(12,13)14. The molecule has 0 aromatic heterocycles. The lowest BCUT2D eigenvalue weighted by atomic mass is 10.6. The van der Waals surface area contributed by atoms with Crippen LogP contribution in [-0.2, 0) is 0 Å².